The summed E-state index contributed by atoms with van der Waals surface area (Å²) in [6.45, 7) is 4.63. The van der Waals surface area contributed by atoms with Crippen molar-refractivity contribution in [2.75, 3.05) is 18.4 Å². The van der Waals surface area contributed by atoms with E-state index in [2.05, 4.69) is 32.1 Å². The first-order valence-electron chi connectivity index (χ1n) is 8.47. The number of pyridine rings is 1. The first kappa shape index (κ1) is 17.0. The molecule has 1 aliphatic rings. The molecule has 1 unspecified atom stereocenters. The SMILES string of the molecule is C=CC(=O)N1CCC(Nc2nc(-c3n[nH]c(=O)[nH]3)cc3ccc(F)cc23)C1. The Morgan fingerprint density at radius 2 is 2.26 bits per heavy atom. The van der Waals surface area contributed by atoms with Gasteiger partial charge in [0.05, 0.1) is 0 Å². The van der Waals surface area contributed by atoms with Crippen LogP contribution in [-0.4, -0.2) is 50.1 Å². The van der Waals surface area contributed by atoms with Crippen LogP contribution in [0.1, 0.15) is 6.42 Å². The maximum absolute atomic E-state index is 13.8. The summed E-state index contributed by atoms with van der Waals surface area (Å²) in [5, 5.41) is 10.9. The number of nitrogens with zero attached hydrogens (tertiary/aromatic N) is 3. The molecule has 9 heteroatoms. The second-order valence-electron chi connectivity index (χ2n) is 6.37. The fraction of sp³-hybridized carbons (Fsp3) is 0.222. The van der Waals surface area contributed by atoms with Gasteiger partial charge in [-0.25, -0.2) is 19.3 Å². The number of rotatable bonds is 4. The molecule has 0 saturated carbocycles. The fourth-order valence-corrected chi connectivity index (χ4v) is 3.24. The minimum atomic E-state index is -0.435. The lowest BCUT2D eigenvalue weighted by Crippen LogP contribution is -2.30. The molecule has 1 saturated heterocycles. The lowest BCUT2D eigenvalue weighted by atomic mass is 10.1. The molecule has 3 N–H and O–H groups in total. The maximum atomic E-state index is 13.8. The summed E-state index contributed by atoms with van der Waals surface area (Å²) in [5.74, 6) is 0.280. The first-order chi connectivity index (χ1) is 13.0. The summed E-state index contributed by atoms with van der Waals surface area (Å²) in [7, 11) is 0. The minimum Gasteiger partial charge on any atom is -0.365 e. The molecule has 0 radical (unpaired) electrons. The molecule has 0 spiro atoms. The number of aromatic nitrogens is 4. The summed E-state index contributed by atoms with van der Waals surface area (Å²) < 4.78 is 13.8. The summed E-state index contributed by atoms with van der Waals surface area (Å²) in [6, 6.07) is 6.12. The maximum Gasteiger partial charge on any atom is 0.340 e. The number of amides is 1. The van der Waals surface area contributed by atoms with Gasteiger partial charge in [0, 0.05) is 24.5 Å². The molecule has 2 aromatic heterocycles. The van der Waals surface area contributed by atoms with Gasteiger partial charge in [-0.2, -0.15) is 5.10 Å². The van der Waals surface area contributed by atoms with Crippen molar-refractivity contribution in [2.24, 2.45) is 0 Å². The Hall–Kier alpha value is -3.49. The second-order valence-corrected chi connectivity index (χ2v) is 6.37. The number of likely N-dealkylation sites (tertiary alicyclic amines) is 1. The number of carbonyl (C=O) groups is 1. The van der Waals surface area contributed by atoms with Gasteiger partial charge >= 0.3 is 5.69 Å². The number of anilines is 1. The van der Waals surface area contributed by atoms with E-state index in [1.165, 1.54) is 18.2 Å². The quantitative estimate of drug-likeness (QED) is 0.607. The largest absolute Gasteiger partial charge is 0.365 e. The third kappa shape index (κ3) is 3.31. The van der Waals surface area contributed by atoms with E-state index in [0.29, 0.717) is 35.8 Å². The number of hydrogen-bond acceptors (Lipinski definition) is 5. The highest BCUT2D eigenvalue weighted by molar-refractivity contribution is 5.94. The van der Waals surface area contributed by atoms with Gasteiger partial charge in [0.15, 0.2) is 5.82 Å². The van der Waals surface area contributed by atoms with Gasteiger partial charge in [0.1, 0.15) is 17.3 Å². The molecule has 8 nitrogen and oxygen atoms in total. The normalized spacial score (nSPS) is 16.6. The van der Waals surface area contributed by atoms with E-state index in [1.807, 2.05) is 0 Å². The van der Waals surface area contributed by atoms with Crippen LogP contribution in [0.25, 0.3) is 22.3 Å². The first-order valence-corrected chi connectivity index (χ1v) is 8.47. The molecule has 1 aliphatic heterocycles. The van der Waals surface area contributed by atoms with Crippen LogP contribution in [-0.2, 0) is 4.79 Å². The van der Waals surface area contributed by atoms with Crippen LogP contribution in [0, 0.1) is 5.82 Å². The van der Waals surface area contributed by atoms with Crippen molar-refractivity contribution in [1.29, 1.82) is 0 Å². The van der Waals surface area contributed by atoms with Gasteiger partial charge in [0.25, 0.3) is 0 Å². The Kier molecular flexibility index (Phi) is 4.19. The molecule has 3 heterocycles. The van der Waals surface area contributed by atoms with Crippen molar-refractivity contribution in [3.63, 3.8) is 0 Å². The van der Waals surface area contributed by atoms with Crippen molar-refractivity contribution in [3.8, 4) is 11.5 Å². The number of benzene rings is 1. The summed E-state index contributed by atoms with van der Waals surface area (Å²) in [6.07, 6.45) is 2.03. The van der Waals surface area contributed by atoms with Gasteiger partial charge in [-0.1, -0.05) is 12.6 Å². The number of nitrogens with one attached hydrogen (secondary N) is 3. The third-order valence-corrected chi connectivity index (χ3v) is 4.55. The number of fused-ring (bicyclic) bond motifs is 1. The van der Waals surface area contributed by atoms with Crippen LogP contribution in [0.15, 0.2) is 41.7 Å². The van der Waals surface area contributed by atoms with Gasteiger partial charge in [-0.3, -0.25) is 9.78 Å². The van der Waals surface area contributed by atoms with Crippen molar-refractivity contribution in [2.45, 2.75) is 12.5 Å². The highest BCUT2D eigenvalue weighted by atomic mass is 19.1. The lowest BCUT2D eigenvalue weighted by Gasteiger charge is -2.17. The molecule has 4 rings (SSSR count). The molecule has 3 aromatic rings. The average Bonchev–Trinajstić information content (AvgIpc) is 3.30. The van der Waals surface area contributed by atoms with E-state index in [-0.39, 0.29) is 17.8 Å². The number of hydrogen-bond donors (Lipinski definition) is 3. The van der Waals surface area contributed by atoms with E-state index >= 15 is 0 Å². The molecule has 1 amide bonds. The predicted octanol–water partition coefficient (Wildman–Crippen LogP) is 1.65. The van der Waals surface area contributed by atoms with Gasteiger partial charge < -0.3 is 10.2 Å². The zero-order chi connectivity index (χ0) is 19.0. The molecule has 0 bridgehead atoms. The van der Waals surface area contributed by atoms with Crippen molar-refractivity contribution < 1.29 is 9.18 Å². The Morgan fingerprint density at radius 1 is 1.41 bits per heavy atom. The molecule has 138 valence electrons. The Morgan fingerprint density at radius 3 is 3.00 bits per heavy atom. The zero-order valence-electron chi connectivity index (χ0n) is 14.3. The van der Waals surface area contributed by atoms with E-state index in [9.17, 15) is 14.0 Å². The van der Waals surface area contributed by atoms with E-state index < -0.39 is 5.69 Å². The molecule has 0 aliphatic carbocycles. The van der Waals surface area contributed by atoms with Gasteiger partial charge in [-0.15, -0.1) is 0 Å². The van der Waals surface area contributed by atoms with Crippen LogP contribution in [0.5, 0.6) is 0 Å². The Labute approximate surface area is 153 Å². The van der Waals surface area contributed by atoms with E-state index in [4.69, 9.17) is 0 Å². The summed E-state index contributed by atoms with van der Waals surface area (Å²) in [4.78, 5) is 31.9. The molecule has 1 aromatic carbocycles. The van der Waals surface area contributed by atoms with Crippen LogP contribution in [0.2, 0.25) is 0 Å². The highest BCUT2D eigenvalue weighted by Crippen LogP contribution is 2.28. The monoisotopic (exact) mass is 368 g/mol. The topological polar surface area (TPSA) is 107 Å². The average molecular weight is 368 g/mol. The van der Waals surface area contributed by atoms with Crippen LogP contribution >= 0.6 is 0 Å². The molecule has 1 fully saturated rings. The Balaban J connectivity index is 1.72. The molecular weight excluding hydrogens is 351 g/mol. The van der Waals surface area contributed by atoms with Crippen LogP contribution in [0.4, 0.5) is 10.2 Å². The van der Waals surface area contributed by atoms with Crippen molar-refractivity contribution >= 4 is 22.5 Å². The van der Waals surface area contributed by atoms with Crippen LogP contribution < -0.4 is 11.0 Å². The smallest absolute Gasteiger partial charge is 0.340 e. The molecular formula is C18H17FN6O2. The van der Waals surface area contributed by atoms with Gasteiger partial charge in [-0.05, 0) is 36.1 Å². The lowest BCUT2D eigenvalue weighted by molar-refractivity contribution is -0.125. The van der Waals surface area contributed by atoms with Gasteiger partial charge in [0.2, 0.25) is 5.91 Å². The van der Waals surface area contributed by atoms with Crippen LogP contribution in [0.3, 0.4) is 0 Å². The number of halogens is 1. The minimum absolute atomic E-state index is 0.0265. The Bertz CT molecular complexity index is 1090. The summed E-state index contributed by atoms with van der Waals surface area (Å²) in [5.41, 5.74) is 0.0156. The number of carbonyl (C=O) groups excluding carboxylic acids is 1. The highest BCUT2D eigenvalue weighted by Gasteiger charge is 2.25. The summed E-state index contributed by atoms with van der Waals surface area (Å²) >= 11 is 0. The zero-order valence-corrected chi connectivity index (χ0v) is 14.3. The van der Waals surface area contributed by atoms with Crippen molar-refractivity contribution in [3.05, 3.63) is 53.2 Å². The standard InChI is InChI=1S/C18H17FN6O2/c1-2-15(26)25-6-5-12(9-25)20-16-13-8-11(19)4-3-10(13)7-14(21-16)17-22-18(27)24-23-17/h2-4,7-8,12H,1,5-6,9H2,(H,20,21)(H2,22,23,24,27). The number of H-pyrrole nitrogens is 2. The molecule has 1 atom stereocenters. The fourth-order valence-electron chi connectivity index (χ4n) is 3.24. The second kappa shape index (κ2) is 6.67. The third-order valence-electron chi connectivity index (χ3n) is 4.55. The van der Waals surface area contributed by atoms with E-state index in [0.717, 1.165) is 11.8 Å². The number of aromatic amines is 2. The predicted molar refractivity (Wildman–Crippen MR) is 98.7 cm³/mol. The van der Waals surface area contributed by atoms with Crippen molar-refractivity contribution in [1.82, 2.24) is 25.1 Å². The van der Waals surface area contributed by atoms with E-state index in [1.54, 1.807) is 17.0 Å². The molecule has 27 heavy (non-hydrogen) atoms.